The Balaban J connectivity index is 2.10. The molecular formula is C14H13F2N3O. The minimum Gasteiger partial charge on any atom is -0.435 e. The third kappa shape index (κ3) is 4.01. The minimum absolute atomic E-state index is 0.102. The third-order valence-corrected chi connectivity index (χ3v) is 2.48. The maximum Gasteiger partial charge on any atom is 0.387 e. The number of halogens is 2. The van der Waals surface area contributed by atoms with E-state index in [2.05, 4.69) is 20.2 Å². The number of hydrogen-bond acceptors (Lipinski definition) is 4. The lowest BCUT2D eigenvalue weighted by Crippen LogP contribution is -2.04. The second kappa shape index (κ2) is 6.60. The van der Waals surface area contributed by atoms with Crippen molar-refractivity contribution in [1.82, 2.24) is 4.98 Å². The molecule has 0 aliphatic heterocycles. The van der Waals surface area contributed by atoms with Crippen molar-refractivity contribution < 1.29 is 13.5 Å². The molecule has 0 spiro atoms. The van der Waals surface area contributed by atoms with Gasteiger partial charge in [-0.05, 0) is 31.2 Å². The fourth-order valence-corrected chi connectivity index (χ4v) is 1.53. The average Bonchev–Trinajstić information content (AvgIpc) is 2.45. The molecule has 1 aromatic heterocycles. The summed E-state index contributed by atoms with van der Waals surface area (Å²) in [5.74, 6) is 0.705. The van der Waals surface area contributed by atoms with Gasteiger partial charge in [-0.3, -0.25) is 5.43 Å². The number of nitrogens with one attached hydrogen (secondary N) is 1. The molecular weight excluding hydrogens is 264 g/mol. The van der Waals surface area contributed by atoms with Gasteiger partial charge in [-0.15, -0.1) is 0 Å². The van der Waals surface area contributed by atoms with Crippen LogP contribution in [0.15, 0.2) is 53.8 Å². The number of hydrazone groups is 1. The van der Waals surface area contributed by atoms with Crippen LogP contribution in [0.1, 0.15) is 12.5 Å². The summed E-state index contributed by atoms with van der Waals surface area (Å²) in [4.78, 5) is 4.06. The standard InChI is InChI=1S/C14H13F2N3O/c1-10(18-19-13-7-2-3-8-17-13)11-5-4-6-12(9-11)20-14(15)16/h2-9,14H,1H3,(H,17,19)/b18-10+. The molecule has 2 aromatic rings. The van der Waals surface area contributed by atoms with Crippen LogP contribution >= 0.6 is 0 Å². The van der Waals surface area contributed by atoms with Crippen LogP contribution in [0.2, 0.25) is 0 Å². The number of anilines is 1. The zero-order valence-corrected chi connectivity index (χ0v) is 10.8. The summed E-state index contributed by atoms with van der Waals surface area (Å²) >= 11 is 0. The molecule has 0 saturated heterocycles. The van der Waals surface area contributed by atoms with Crippen LogP contribution in [0.25, 0.3) is 0 Å². The lowest BCUT2D eigenvalue weighted by molar-refractivity contribution is -0.0498. The van der Waals surface area contributed by atoms with E-state index in [1.54, 1.807) is 37.4 Å². The van der Waals surface area contributed by atoms with Gasteiger partial charge < -0.3 is 4.74 Å². The van der Waals surface area contributed by atoms with Crippen LogP contribution in [-0.4, -0.2) is 17.3 Å². The second-order valence-electron chi connectivity index (χ2n) is 3.93. The van der Waals surface area contributed by atoms with Crippen molar-refractivity contribution >= 4 is 11.5 Å². The molecule has 1 heterocycles. The highest BCUT2D eigenvalue weighted by atomic mass is 19.3. The molecule has 104 valence electrons. The van der Waals surface area contributed by atoms with Crippen molar-refractivity contribution in [1.29, 1.82) is 0 Å². The number of hydrogen-bond donors (Lipinski definition) is 1. The monoisotopic (exact) mass is 277 g/mol. The lowest BCUT2D eigenvalue weighted by atomic mass is 10.1. The number of alkyl halides is 2. The predicted octanol–water partition coefficient (Wildman–Crippen LogP) is 3.52. The molecule has 2 rings (SSSR count). The molecule has 0 saturated carbocycles. The Morgan fingerprint density at radius 3 is 2.80 bits per heavy atom. The summed E-state index contributed by atoms with van der Waals surface area (Å²) in [6.07, 6.45) is 1.64. The van der Waals surface area contributed by atoms with E-state index in [1.165, 1.54) is 12.1 Å². The number of benzene rings is 1. The highest BCUT2D eigenvalue weighted by Crippen LogP contribution is 2.16. The zero-order valence-electron chi connectivity index (χ0n) is 10.8. The van der Waals surface area contributed by atoms with Crippen molar-refractivity contribution in [3.63, 3.8) is 0 Å². The Morgan fingerprint density at radius 2 is 2.10 bits per heavy atom. The normalized spacial score (nSPS) is 11.5. The molecule has 0 aliphatic carbocycles. The molecule has 0 fully saturated rings. The Kier molecular flexibility index (Phi) is 4.60. The van der Waals surface area contributed by atoms with Crippen LogP contribution in [0.4, 0.5) is 14.6 Å². The molecule has 0 radical (unpaired) electrons. The largest absolute Gasteiger partial charge is 0.435 e. The predicted molar refractivity (Wildman–Crippen MR) is 73.1 cm³/mol. The van der Waals surface area contributed by atoms with Crippen LogP contribution in [0, 0.1) is 0 Å². The third-order valence-electron chi connectivity index (χ3n) is 2.48. The van der Waals surface area contributed by atoms with Gasteiger partial charge in [-0.2, -0.15) is 13.9 Å². The Hall–Kier alpha value is -2.50. The van der Waals surface area contributed by atoms with E-state index in [9.17, 15) is 8.78 Å². The number of nitrogens with zero attached hydrogens (tertiary/aromatic N) is 2. The van der Waals surface area contributed by atoms with Gasteiger partial charge in [-0.1, -0.05) is 18.2 Å². The summed E-state index contributed by atoms with van der Waals surface area (Å²) in [6, 6.07) is 11.8. The fourth-order valence-electron chi connectivity index (χ4n) is 1.53. The highest BCUT2D eigenvalue weighted by Gasteiger charge is 2.05. The first-order valence-corrected chi connectivity index (χ1v) is 5.92. The van der Waals surface area contributed by atoms with E-state index >= 15 is 0 Å². The lowest BCUT2D eigenvalue weighted by Gasteiger charge is -2.07. The number of aromatic nitrogens is 1. The maximum atomic E-state index is 12.1. The SMILES string of the molecule is C/C(=N\Nc1ccccn1)c1cccc(OC(F)F)c1. The molecule has 0 unspecified atom stereocenters. The number of ether oxygens (including phenoxy) is 1. The second-order valence-corrected chi connectivity index (χ2v) is 3.93. The smallest absolute Gasteiger partial charge is 0.387 e. The van der Waals surface area contributed by atoms with Gasteiger partial charge in [0.25, 0.3) is 0 Å². The summed E-state index contributed by atoms with van der Waals surface area (Å²) in [6.45, 7) is -1.08. The Bertz CT molecular complexity index is 588. The number of rotatable bonds is 5. The molecule has 0 bridgehead atoms. The van der Waals surface area contributed by atoms with Crippen molar-refractivity contribution in [3.8, 4) is 5.75 Å². The summed E-state index contributed by atoms with van der Waals surface area (Å²) in [7, 11) is 0. The first kappa shape index (κ1) is 13.9. The molecule has 0 amide bonds. The van der Waals surface area contributed by atoms with Gasteiger partial charge in [0.1, 0.15) is 11.6 Å². The van der Waals surface area contributed by atoms with Crippen LogP contribution in [-0.2, 0) is 0 Å². The van der Waals surface area contributed by atoms with E-state index in [0.717, 1.165) is 0 Å². The van der Waals surface area contributed by atoms with Gasteiger partial charge in [0.2, 0.25) is 0 Å². The van der Waals surface area contributed by atoms with E-state index in [4.69, 9.17) is 0 Å². The summed E-state index contributed by atoms with van der Waals surface area (Å²) < 4.78 is 28.6. The Labute approximate surface area is 115 Å². The molecule has 6 heteroatoms. The van der Waals surface area contributed by atoms with E-state index in [1.807, 2.05) is 6.07 Å². The van der Waals surface area contributed by atoms with Gasteiger partial charge in [0.15, 0.2) is 0 Å². The van der Waals surface area contributed by atoms with Crippen molar-refractivity contribution in [2.24, 2.45) is 5.10 Å². The number of pyridine rings is 1. The van der Waals surface area contributed by atoms with E-state index in [0.29, 0.717) is 17.1 Å². The van der Waals surface area contributed by atoms with Gasteiger partial charge in [0.05, 0.1) is 5.71 Å². The summed E-state index contributed by atoms with van der Waals surface area (Å²) in [5.41, 5.74) is 4.11. The van der Waals surface area contributed by atoms with Gasteiger partial charge in [-0.25, -0.2) is 4.98 Å². The van der Waals surface area contributed by atoms with Crippen LogP contribution in [0.3, 0.4) is 0 Å². The van der Waals surface area contributed by atoms with E-state index in [-0.39, 0.29) is 5.75 Å². The topological polar surface area (TPSA) is 46.5 Å². The van der Waals surface area contributed by atoms with E-state index < -0.39 is 6.61 Å². The molecule has 4 nitrogen and oxygen atoms in total. The molecule has 0 atom stereocenters. The summed E-state index contributed by atoms with van der Waals surface area (Å²) in [5, 5.41) is 4.15. The molecule has 1 aromatic carbocycles. The maximum absolute atomic E-state index is 12.1. The van der Waals surface area contributed by atoms with Crippen molar-refractivity contribution in [2.45, 2.75) is 13.5 Å². The zero-order chi connectivity index (χ0) is 14.4. The quantitative estimate of drug-likeness (QED) is 0.672. The van der Waals surface area contributed by atoms with Gasteiger partial charge >= 0.3 is 6.61 Å². The van der Waals surface area contributed by atoms with Gasteiger partial charge in [0, 0.05) is 11.8 Å². The minimum atomic E-state index is -2.84. The molecule has 20 heavy (non-hydrogen) atoms. The first-order valence-electron chi connectivity index (χ1n) is 5.92. The average molecular weight is 277 g/mol. The van der Waals surface area contributed by atoms with Crippen molar-refractivity contribution in [2.75, 3.05) is 5.43 Å². The highest BCUT2D eigenvalue weighted by molar-refractivity contribution is 5.99. The van der Waals surface area contributed by atoms with Crippen molar-refractivity contribution in [3.05, 3.63) is 54.2 Å². The Morgan fingerprint density at radius 1 is 1.25 bits per heavy atom. The first-order chi connectivity index (χ1) is 9.65. The van der Waals surface area contributed by atoms with Crippen LogP contribution < -0.4 is 10.2 Å². The molecule has 0 aliphatic rings. The van der Waals surface area contributed by atoms with Crippen LogP contribution in [0.5, 0.6) is 5.75 Å². The molecule has 1 N–H and O–H groups in total. The fraction of sp³-hybridized carbons (Fsp3) is 0.143.